The molecule has 2 bridgehead atoms. The van der Waals surface area contributed by atoms with E-state index in [9.17, 15) is 4.79 Å². The molecule has 2 atom stereocenters. The zero-order valence-corrected chi connectivity index (χ0v) is 5.42. The van der Waals surface area contributed by atoms with E-state index in [4.69, 9.17) is 0 Å². The minimum absolute atomic E-state index is 0.153. The van der Waals surface area contributed by atoms with Gasteiger partial charge in [0.2, 0.25) is 5.91 Å². The van der Waals surface area contributed by atoms with Crippen LogP contribution in [0.15, 0.2) is 0 Å². The highest BCUT2D eigenvalue weighted by Gasteiger charge is 2.42. The fraction of sp³-hybridized carbons (Fsp3) is 0.833. The molecule has 0 aliphatic carbocycles. The highest BCUT2D eigenvalue weighted by molar-refractivity contribution is 5.85. The van der Waals surface area contributed by atoms with E-state index >= 15 is 0 Å². The van der Waals surface area contributed by atoms with Gasteiger partial charge >= 0.3 is 0 Å². The first-order valence-corrected chi connectivity index (χ1v) is 3.29. The molecule has 0 aromatic rings. The Labute approximate surface area is 54.0 Å². The Bertz CT molecular complexity index is 153. The molecule has 1 amide bonds. The SMILES string of the molecule is CN1C(=O)[C@@H]2C[C@H]1CN2. The number of piperazine rings is 1. The number of hydrogen-bond acceptors (Lipinski definition) is 2. The summed E-state index contributed by atoms with van der Waals surface area (Å²) in [4.78, 5) is 12.9. The van der Waals surface area contributed by atoms with Crippen LogP contribution in [0.1, 0.15) is 6.42 Å². The summed E-state index contributed by atoms with van der Waals surface area (Å²) in [5, 5.41) is 3.14. The predicted octanol–water partition coefficient (Wildman–Crippen LogP) is -0.811. The fourth-order valence-corrected chi connectivity index (χ4v) is 1.63. The summed E-state index contributed by atoms with van der Waals surface area (Å²) in [6.45, 7) is 0.993. The van der Waals surface area contributed by atoms with Crippen molar-refractivity contribution in [3.05, 3.63) is 0 Å². The lowest BCUT2D eigenvalue weighted by Gasteiger charge is -2.22. The van der Waals surface area contributed by atoms with Crippen molar-refractivity contribution in [2.45, 2.75) is 18.5 Å². The smallest absolute Gasteiger partial charge is 0.239 e. The van der Waals surface area contributed by atoms with Gasteiger partial charge in [-0.25, -0.2) is 0 Å². The number of nitrogens with zero attached hydrogens (tertiary/aromatic N) is 1. The van der Waals surface area contributed by atoms with E-state index in [2.05, 4.69) is 5.32 Å². The molecule has 1 N–H and O–H groups in total. The molecule has 50 valence electrons. The fourth-order valence-electron chi connectivity index (χ4n) is 1.63. The molecule has 2 aliphatic heterocycles. The molecule has 2 saturated heterocycles. The lowest BCUT2D eigenvalue weighted by atomic mass is 10.2. The van der Waals surface area contributed by atoms with E-state index in [1.807, 2.05) is 11.9 Å². The van der Waals surface area contributed by atoms with Crippen molar-refractivity contribution in [2.24, 2.45) is 0 Å². The Hall–Kier alpha value is -0.570. The third kappa shape index (κ3) is 0.525. The van der Waals surface area contributed by atoms with Crippen molar-refractivity contribution in [3.8, 4) is 0 Å². The van der Waals surface area contributed by atoms with E-state index in [1.165, 1.54) is 0 Å². The van der Waals surface area contributed by atoms with Gasteiger partial charge in [0.15, 0.2) is 0 Å². The average Bonchev–Trinajstić information content (AvgIpc) is 2.37. The van der Waals surface area contributed by atoms with Gasteiger partial charge in [0.05, 0.1) is 6.04 Å². The third-order valence-electron chi connectivity index (χ3n) is 2.30. The molecule has 9 heavy (non-hydrogen) atoms. The molecule has 0 aromatic heterocycles. The van der Waals surface area contributed by atoms with Crippen LogP contribution >= 0.6 is 0 Å². The van der Waals surface area contributed by atoms with Crippen LogP contribution in [0.4, 0.5) is 0 Å². The van der Waals surface area contributed by atoms with Crippen LogP contribution in [0, 0.1) is 0 Å². The van der Waals surface area contributed by atoms with Crippen molar-refractivity contribution in [1.82, 2.24) is 10.2 Å². The lowest BCUT2D eigenvalue weighted by Crippen LogP contribution is -2.45. The number of nitrogens with one attached hydrogen (secondary N) is 1. The van der Waals surface area contributed by atoms with Gasteiger partial charge in [-0.1, -0.05) is 0 Å². The van der Waals surface area contributed by atoms with E-state index in [-0.39, 0.29) is 11.9 Å². The third-order valence-corrected chi connectivity index (χ3v) is 2.30. The standard InChI is InChI=1S/C6H10N2O/c1-8-4-2-5(6(8)9)7-3-4/h4-5,7H,2-3H2,1H3/t4-,5-/m0/s1. The van der Waals surface area contributed by atoms with Crippen LogP contribution in [0.3, 0.4) is 0 Å². The Morgan fingerprint density at radius 3 is 2.89 bits per heavy atom. The Kier molecular flexibility index (Phi) is 0.858. The first-order chi connectivity index (χ1) is 4.29. The molecule has 0 radical (unpaired) electrons. The summed E-state index contributed by atoms with van der Waals surface area (Å²) < 4.78 is 0. The monoisotopic (exact) mass is 126 g/mol. The van der Waals surface area contributed by atoms with Crippen LogP contribution in [0.5, 0.6) is 0 Å². The number of fused-ring (bicyclic) bond motifs is 2. The maximum Gasteiger partial charge on any atom is 0.239 e. The second kappa shape index (κ2) is 1.48. The molecule has 2 aliphatic rings. The summed E-state index contributed by atoms with van der Waals surface area (Å²) in [5.74, 6) is 0.270. The van der Waals surface area contributed by atoms with Gasteiger partial charge in [-0.2, -0.15) is 0 Å². The number of hydrogen-bond donors (Lipinski definition) is 1. The van der Waals surface area contributed by atoms with Gasteiger partial charge in [-0.05, 0) is 6.42 Å². The summed E-state index contributed by atoms with van der Waals surface area (Å²) in [5.41, 5.74) is 0. The number of likely N-dealkylation sites (N-methyl/N-ethyl adjacent to an activating group) is 1. The number of likely N-dealkylation sites (tertiary alicyclic amines) is 1. The van der Waals surface area contributed by atoms with Crippen molar-refractivity contribution >= 4 is 5.91 Å². The summed E-state index contributed by atoms with van der Waals surface area (Å²) >= 11 is 0. The topological polar surface area (TPSA) is 32.3 Å². The van der Waals surface area contributed by atoms with Crippen LogP contribution in [0.25, 0.3) is 0 Å². The zero-order chi connectivity index (χ0) is 6.43. The van der Waals surface area contributed by atoms with E-state index in [1.54, 1.807) is 0 Å². The Balaban J connectivity index is 2.25. The zero-order valence-electron chi connectivity index (χ0n) is 5.42. The first kappa shape index (κ1) is 5.23. The minimum atomic E-state index is 0.153. The second-order valence-corrected chi connectivity index (χ2v) is 2.80. The normalized spacial score (nSPS) is 40.6. The highest BCUT2D eigenvalue weighted by Crippen LogP contribution is 2.21. The van der Waals surface area contributed by atoms with E-state index in [0.717, 1.165) is 13.0 Å². The van der Waals surface area contributed by atoms with Gasteiger partial charge in [-0.3, -0.25) is 4.79 Å². The maximum absolute atomic E-state index is 11.0. The molecule has 0 unspecified atom stereocenters. The number of amides is 1. The first-order valence-electron chi connectivity index (χ1n) is 3.29. The number of rotatable bonds is 0. The average molecular weight is 126 g/mol. The van der Waals surface area contributed by atoms with Gasteiger partial charge in [-0.15, -0.1) is 0 Å². The van der Waals surface area contributed by atoms with Crippen LogP contribution in [0.2, 0.25) is 0 Å². The molecular weight excluding hydrogens is 116 g/mol. The van der Waals surface area contributed by atoms with Gasteiger partial charge in [0.1, 0.15) is 0 Å². The summed E-state index contributed by atoms with van der Waals surface area (Å²) in [7, 11) is 1.88. The Morgan fingerprint density at radius 1 is 1.78 bits per heavy atom. The van der Waals surface area contributed by atoms with Crippen molar-refractivity contribution in [3.63, 3.8) is 0 Å². The predicted molar refractivity (Wildman–Crippen MR) is 33.0 cm³/mol. The summed E-state index contributed by atoms with van der Waals surface area (Å²) in [6.07, 6.45) is 1.02. The molecule has 0 saturated carbocycles. The minimum Gasteiger partial charge on any atom is -0.340 e. The molecule has 3 heteroatoms. The van der Waals surface area contributed by atoms with E-state index in [0.29, 0.717) is 6.04 Å². The van der Waals surface area contributed by atoms with E-state index < -0.39 is 0 Å². The van der Waals surface area contributed by atoms with Gasteiger partial charge < -0.3 is 10.2 Å². The second-order valence-electron chi connectivity index (χ2n) is 2.80. The van der Waals surface area contributed by atoms with Gasteiger partial charge in [0, 0.05) is 19.6 Å². The van der Waals surface area contributed by atoms with Gasteiger partial charge in [0.25, 0.3) is 0 Å². The van der Waals surface area contributed by atoms with Crippen molar-refractivity contribution in [2.75, 3.05) is 13.6 Å². The van der Waals surface area contributed by atoms with Crippen LogP contribution < -0.4 is 5.32 Å². The Morgan fingerprint density at radius 2 is 2.56 bits per heavy atom. The molecular formula is C6H10N2O. The molecule has 3 nitrogen and oxygen atoms in total. The molecule has 2 fully saturated rings. The van der Waals surface area contributed by atoms with Crippen LogP contribution in [-0.2, 0) is 4.79 Å². The summed E-state index contributed by atoms with van der Waals surface area (Å²) in [6, 6.07) is 0.641. The molecule has 0 spiro atoms. The van der Waals surface area contributed by atoms with Crippen LogP contribution in [-0.4, -0.2) is 36.5 Å². The van der Waals surface area contributed by atoms with Crippen molar-refractivity contribution in [1.29, 1.82) is 0 Å². The quantitative estimate of drug-likeness (QED) is 0.460. The molecule has 2 heterocycles. The van der Waals surface area contributed by atoms with Crippen molar-refractivity contribution < 1.29 is 4.79 Å². The number of carbonyl (C=O) groups is 1. The lowest BCUT2D eigenvalue weighted by molar-refractivity contribution is -0.130. The molecule has 2 rings (SSSR count). The molecule has 0 aromatic carbocycles. The highest BCUT2D eigenvalue weighted by atomic mass is 16.2. The maximum atomic E-state index is 11.0. The number of carbonyl (C=O) groups excluding carboxylic acids is 1. The largest absolute Gasteiger partial charge is 0.340 e.